The average Bonchev–Trinajstić information content (AvgIpc) is 2.48. The van der Waals surface area contributed by atoms with Crippen LogP contribution in [0.15, 0.2) is 30.3 Å². The predicted molar refractivity (Wildman–Crippen MR) is 86.7 cm³/mol. The third-order valence-corrected chi connectivity index (χ3v) is 4.14. The monoisotopic (exact) mass is 312 g/mol. The first-order valence-corrected chi connectivity index (χ1v) is 7.16. The smallest absolute Gasteiger partial charge is 0.241 e. The molecule has 0 radical (unpaired) electrons. The molecular formula is C16H25ClN2O2. The Labute approximate surface area is 133 Å². The Morgan fingerprint density at radius 2 is 2.10 bits per heavy atom. The van der Waals surface area contributed by atoms with Crippen LogP contribution in [0, 0.1) is 0 Å². The van der Waals surface area contributed by atoms with Crippen LogP contribution in [0.3, 0.4) is 0 Å². The molecule has 1 amide bonds. The van der Waals surface area contributed by atoms with Crippen molar-refractivity contribution in [2.75, 3.05) is 26.8 Å². The summed E-state index contributed by atoms with van der Waals surface area (Å²) in [4.78, 5) is 14.2. The van der Waals surface area contributed by atoms with Crippen molar-refractivity contribution < 1.29 is 9.53 Å². The van der Waals surface area contributed by atoms with Crippen LogP contribution in [0.1, 0.15) is 25.3 Å². The number of likely N-dealkylation sites (tertiary alicyclic amines) is 1. The summed E-state index contributed by atoms with van der Waals surface area (Å²) in [5.41, 5.74) is 7.18. The lowest BCUT2D eigenvalue weighted by Gasteiger charge is -2.41. The number of carbonyl (C=O) groups is 1. The van der Waals surface area contributed by atoms with Gasteiger partial charge in [-0.1, -0.05) is 37.3 Å². The minimum atomic E-state index is -0.557. The molecule has 2 N–H and O–H groups in total. The van der Waals surface area contributed by atoms with E-state index in [2.05, 4.69) is 31.2 Å². The van der Waals surface area contributed by atoms with Gasteiger partial charge in [-0.25, -0.2) is 0 Å². The standard InChI is InChI=1S/C16H24N2O2.ClH/c1-16(13-7-4-3-5-8-13)9-6-10-18(12-16)15(19)14(17)11-20-2;/h3-5,7-8,14H,6,9-12,17H2,1-2H3;1H. The van der Waals surface area contributed by atoms with Crippen molar-refractivity contribution in [1.82, 2.24) is 4.90 Å². The number of piperidine rings is 1. The topological polar surface area (TPSA) is 55.6 Å². The first-order valence-electron chi connectivity index (χ1n) is 7.16. The number of hydrogen-bond acceptors (Lipinski definition) is 3. The summed E-state index contributed by atoms with van der Waals surface area (Å²) in [7, 11) is 1.57. The molecule has 1 aliphatic heterocycles. The van der Waals surface area contributed by atoms with Crippen LogP contribution in [0.25, 0.3) is 0 Å². The van der Waals surface area contributed by atoms with Crippen molar-refractivity contribution >= 4 is 18.3 Å². The van der Waals surface area contributed by atoms with Crippen LogP contribution >= 0.6 is 12.4 Å². The number of rotatable bonds is 4. The van der Waals surface area contributed by atoms with Crippen molar-refractivity contribution in [1.29, 1.82) is 0 Å². The van der Waals surface area contributed by atoms with Crippen molar-refractivity contribution in [3.63, 3.8) is 0 Å². The first kappa shape index (κ1) is 18.0. The van der Waals surface area contributed by atoms with Gasteiger partial charge >= 0.3 is 0 Å². The van der Waals surface area contributed by atoms with Gasteiger partial charge in [-0.15, -0.1) is 12.4 Å². The Morgan fingerprint density at radius 1 is 1.43 bits per heavy atom. The number of benzene rings is 1. The maximum atomic E-state index is 12.3. The number of nitrogens with zero attached hydrogens (tertiary/aromatic N) is 1. The lowest BCUT2D eigenvalue weighted by atomic mass is 9.76. The number of amides is 1. The number of nitrogens with two attached hydrogens (primary N) is 1. The second-order valence-corrected chi connectivity index (χ2v) is 5.85. The Morgan fingerprint density at radius 3 is 2.71 bits per heavy atom. The van der Waals surface area contributed by atoms with E-state index in [-0.39, 0.29) is 30.3 Å². The number of hydrogen-bond donors (Lipinski definition) is 1. The number of carbonyl (C=O) groups excluding carboxylic acids is 1. The van der Waals surface area contributed by atoms with Gasteiger partial charge in [0.05, 0.1) is 6.61 Å². The predicted octanol–water partition coefficient (Wildman–Crippen LogP) is 1.96. The highest BCUT2D eigenvalue weighted by Gasteiger charge is 2.35. The van der Waals surface area contributed by atoms with E-state index in [1.54, 1.807) is 7.11 Å². The van der Waals surface area contributed by atoms with E-state index in [1.165, 1.54) is 5.56 Å². The molecule has 2 rings (SSSR count). The van der Waals surface area contributed by atoms with E-state index in [4.69, 9.17) is 10.5 Å². The molecule has 0 aliphatic carbocycles. The van der Waals surface area contributed by atoms with Gasteiger partial charge in [-0.05, 0) is 18.4 Å². The highest BCUT2D eigenvalue weighted by Crippen LogP contribution is 2.33. The van der Waals surface area contributed by atoms with Gasteiger partial charge in [-0.3, -0.25) is 4.79 Å². The van der Waals surface area contributed by atoms with Gasteiger partial charge < -0.3 is 15.4 Å². The van der Waals surface area contributed by atoms with E-state index in [0.717, 1.165) is 25.9 Å². The summed E-state index contributed by atoms with van der Waals surface area (Å²) in [6.07, 6.45) is 2.11. The second kappa shape index (κ2) is 7.78. The third-order valence-electron chi connectivity index (χ3n) is 4.14. The molecule has 21 heavy (non-hydrogen) atoms. The first-order chi connectivity index (χ1) is 9.57. The fourth-order valence-corrected chi connectivity index (χ4v) is 2.99. The molecule has 0 spiro atoms. The van der Waals surface area contributed by atoms with Gasteiger partial charge in [-0.2, -0.15) is 0 Å². The fourth-order valence-electron chi connectivity index (χ4n) is 2.99. The third kappa shape index (κ3) is 4.19. The zero-order valence-electron chi connectivity index (χ0n) is 12.7. The zero-order valence-corrected chi connectivity index (χ0v) is 13.6. The highest BCUT2D eigenvalue weighted by molar-refractivity contribution is 5.85. The Kier molecular flexibility index (Phi) is 6.65. The number of halogens is 1. The van der Waals surface area contributed by atoms with Crippen molar-refractivity contribution in [2.45, 2.75) is 31.2 Å². The molecule has 1 aromatic rings. The second-order valence-electron chi connectivity index (χ2n) is 5.85. The molecule has 1 fully saturated rings. The maximum absolute atomic E-state index is 12.3. The summed E-state index contributed by atoms with van der Waals surface area (Å²) >= 11 is 0. The molecular weight excluding hydrogens is 288 g/mol. The van der Waals surface area contributed by atoms with Crippen LogP contribution < -0.4 is 5.73 Å². The summed E-state index contributed by atoms with van der Waals surface area (Å²) in [6, 6.07) is 9.85. The average molecular weight is 313 g/mol. The zero-order chi connectivity index (χ0) is 14.6. The minimum Gasteiger partial charge on any atom is -0.383 e. The SMILES string of the molecule is COCC(N)C(=O)N1CCCC(C)(c2ccccc2)C1.Cl. The van der Waals surface area contributed by atoms with E-state index < -0.39 is 6.04 Å². The Balaban J connectivity index is 0.00000220. The molecule has 118 valence electrons. The fraction of sp³-hybridized carbons (Fsp3) is 0.562. The van der Waals surface area contributed by atoms with Crippen LogP contribution in [-0.4, -0.2) is 43.7 Å². The summed E-state index contributed by atoms with van der Waals surface area (Å²) in [5.74, 6) is -0.00583. The normalized spacial score (nSPS) is 23.3. The summed E-state index contributed by atoms with van der Waals surface area (Å²) < 4.78 is 4.98. The largest absolute Gasteiger partial charge is 0.383 e. The number of methoxy groups -OCH3 is 1. The molecule has 1 aliphatic rings. The molecule has 1 heterocycles. The molecule has 4 nitrogen and oxygen atoms in total. The van der Waals surface area contributed by atoms with E-state index in [9.17, 15) is 4.79 Å². The molecule has 1 aromatic carbocycles. The van der Waals surface area contributed by atoms with Gasteiger partial charge in [0, 0.05) is 25.6 Å². The maximum Gasteiger partial charge on any atom is 0.241 e. The van der Waals surface area contributed by atoms with Crippen LogP contribution in [-0.2, 0) is 14.9 Å². The van der Waals surface area contributed by atoms with Gasteiger partial charge in [0.25, 0.3) is 0 Å². The van der Waals surface area contributed by atoms with Crippen molar-refractivity contribution in [3.8, 4) is 0 Å². The molecule has 0 aromatic heterocycles. The summed E-state index contributed by atoms with van der Waals surface area (Å²) in [5, 5.41) is 0. The summed E-state index contributed by atoms with van der Waals surface area (Å²) in [6.45, 7) is 4.02. The van der Waals surface area contributed by atoms with Crippen LogP contribution in [0.5, 0.6) is 0 Å². The van der Waals surface area contributed by atoms with E-state index in [1.807, 2.05) is 11.0 Å². The Bertz CT molecular complexity index is 455. The molecule has 0 saturated carbocycles. The van der Waals surface area contributed by atoms with Gasteiger partial charge in [0.2, 0.25) is 5.91 Å². The van der Waals surface area contributed by atoms with Gasteiger partial charge in [0.15, 0.2) is 0 Å². The molecule has 1 saturated heterocycles. The highest BCUT2D eigenvalue weighted by atomic mass is 35.5. The minimum absolute atomic E-state index is 0. The van der Waals surface area contributed by atoms with Crippen LogP contribution in [0.4, 0.5) is 0 Å². The van der Waals surface area contributed by atoms with E-state index >= 15 is 0 Å². The molecule has 0 bridgehead atoms. The Hall–Kier alpha value is -1.10. The lowest BCUT2D eigenvalue weighted by Crippen LogP contribution is -2.53. The van der Waals surface area contributed by atoms with Crippen LogP contribution in [0.2, 0.25) is 0 Å². The quantitative estimate of drug-likeness (QED) is 0.924. The van der Waals surface area contributed by atoms with Gasteiger partial charge in [0.1, 0.15) is 6.04 Å². The molecule has 2 atom stereocenters. The molecule has 5 heteroatoms. The lowest BCUT2D eigenvalue weighted by molar-refractivity contribution is -0.135. The van der Waals surface area contributed by atoms with Crippen molar-refractivity contribution in [3.05, 3.63) is 35.9 Å². The van der Waals surface area contributed by atoms with E-state index in [0.29, 0.717) is 0 Å². The number of ether oxygens (including phenoxy) is 1. The van der Waals surface area contributed by atoms with Crippen molar-refractivity contribution in [2.24, 2.45) is 5.73 Å². The molecule has 2 unspecified atom stereocenters.